The summed E-state index contributed by atoms with van der Waals surface area (Å²) >= 11 is 0. The lowest BCUT2D eigenvalue weighted by Gasteiger charge is -2.23. The smallest absolute Gasteiger partial charge is 0.253 e. The molecule has 1 aromatic rings. The molecule has 19 heavy (non-hydrogen) atoms. The van der Waals surface area contributed by atoms with Gasteiger partial charge < -0.3 is 15.4 Å². The van der Waals surface area contributed by atoms with E-state index in [9.17, 15) is 4.79 Å². The van der Waals surface area contributed by atoms with E-state index < -0.39 is 0 Å². The molecule has 0 aromatic heterocycles. The zero-order valence-electron chi connectivity index (χ0n) is 11.6. The van der Waals surface area contributed by atoms with Crippen molar-refractivity contribution in [1.82, 2.24) is 0 Å². The fourth-order valence-electron chi connectivity index (χ4n) is 1.99. The van der Waals surface area contributed by atoms with E-state index >= 15 is 0 Å². The normalized spacial score (nSPS) is 14.7. The van der Waals surface area contributed by atoms with Crippen LogP contribution in [0.2, 0.25) is 0 Å². The summed E-state index contributed by atoms with van der Waals surface area (Å²) in [5, 5.41) is 0. The van der Waals surface area contributed by atoms with E-state index in [0.29, 0.717) is 12.6 Å². The number of rotatable bonds is 6. The van der Waals surface area contributed by atoms with Crippen molar-refractivity contribution >= 4 is 11.6 Å². The maximum Gasteiger partial charge on any atom is 0.253 e. The van der Waals surface area contributed by atoms with Gasteiger partial charge in [0.1, 0.15) is 6.61 Å². The number of amides is 1. The third-order valence-electron chi connectivity index (χ3n) is 3.17. The molecule has 2 rings (SSSR count). The minimum absolute atomic E-state index is 0.0386. The summed E-state index contributed by atoms with van der Waals surface area (Å²) in [5.41, 5.74) is 7.60. The van der Waals surface area contributed by atoms with E-state index in [1.807, 2.05) is 43.0 Å². The van der Waals surface area contributed by atoms with Gasteiger partial charge in [-0.3, -0.25) is 4.79 Å². The number of carbonyl (C=O) groups excluding carboxylic acids is 1. The van der Waals surface area contributed by atoms with Gasteiger partial charge in [0.05, 0.1) is 6.10 Å². The second-order valence-corrected chi connectivity index (χ2v) is 5.23. The summed E-state index contributed by atoms with van der Waals surface area (Å²) in [6.07, 6.45) is 2.22. The van der Waals surface area contributed by atoms with Gasteiger partial charge in [0, 0.05) is 18.3 Å². The maximum absolute atomic E-state index is 12.3. The second-order valence-electron chi connectivity index (χ2n) is 5.23. The summed E-state index contributed by atoms with van der Waals surface area (Å²) in [5.74, 6) is 0.0386. The van der Waals surface area contributed by atoms with Crippen molar-refractivity contribution in [3.63, 3.8) is 0 Å². The highest BCUT2D eigenvalue weighted by atomic mass is 16.5. The lowest BCUT2D eigenvalue weighted by atomic mass is 10.2. The highest BCUT2D eigenvalue weighted by Gasteiger charge is 2.33. The molecule has 1 fully saturated rings. The van der Waals surface area contributed by atoms with Gasteiger partial charge >= 0.3 is 0 Å². The Balaban J connectivity index is 2.08. The Morgan fingerprint density at radius 1 is 1.37 bits per heavy atom. The Morgan fingerprint density at radius 3 is 2.47 bits per heavy atom. The van der Waals surface area contributed by atoms with E-state index in [0.717, 1.165) is 24.1 Å². The number of nitrogens with zero attached hydrogens (tertiary/aromatic N) is 1. The number of anilines is 1. The molecule has 0 unspecified atom stereocenters. The van der Waals surface area contributed by atoms with Gasteiger partial charge in [-0.2, -0.15) is 0 Å². The lowest BCUT2D eigenvalue weighted by Crippen LogP contribution is -2.36. The largest absolute Gasteiger partial charge is 0.369 e. The number of nitrogens with two attached hydrogens (primary N) is 1. The summed E-state index contributed by atoms with van der Waals surface area (Å²) in [4.78, 5) is 14.1. The molecule has 104 valence electrons. The Morgan fingerprint density at radius 2 is 2.00 bits per heavy atom. The summed E-state index contributed by atoms with van der Waals surface area (Å²) in [7, 11) is 0. The van der Waals surface area contributed by atoms with E-state index in [2.05, 4.69) is 0 Å². The highest BCUT2D eigenvalue weighted by Crippen LogP contribution is 2.32. The lowest BCUT2D eigenvalue weighted by molar-refractivity contribution is -0.124. The van der Waals surface area contributed by atoms with Gasteiger partial charge in [-0.05, 0) is 44.4 Å². The maximum atomic E-state index is 12.3. The topological polar surface area (TPSA) is 55.6 Å². The zero-order valence-corrected chi connectivity index (χ0v) is 11.6. The van der Waals surface area contributed by atoms with Crippen molar-refractivity contribution in [2.24, 2.45) is 5.73 Å². The van der Waals surface area contributed by atoms with Crippen molar-refractivity contribution in [2.75, 3.05) is 11.5 Å². The van der Waals surface area contributed by atoms with Crippen LogP contribution in [0.3, 0.4) is 0 Å². The zero-order chi connectivity index (χ0) is 13.8. The molecule has 4 nitrogen and oxygen atoms in total. The van der Waals surface area contributed by atoms with E-state index in [4.69, 9.17) is 10.5 Å². The summed E-state index contributed by atoms with van der Waals surface area (Å²) < 4.78 is 5.42. The molecular formula is C15H22N2O2. The first-order chi connectivity index (χ1) is 9.11. The van der Waals surface area contributed by atoms with Crippen LogP contribution in [0.4, 0.5) is 5.69 Å². The number of ether oxygens (including phenoxy) is 1. The number of carbonyl (C=O) groups is 1. The van der Waals surface area contributed by atoms with Crippen LogP contribution in [-0.4, -0.2) is 24.7 Å². The molecular weight excluding hydrogens is 240 g/mol. The molecule has 4 heteroatoms. The first kappa shape index (κ1) is 14.0. The summed E-state index contributed by atoms with van der Waals surface area (Å²) in [6, 6.07) is 8.22. The minimum Gasteiger partial charge on any atom is -0.369 e. The molecule has 1 aromatic carbocycles. The predicted molar refractivity (Wildman–Crippen MR) is 75.9 cm³/mol. The van der Waals surface area contributed by atoms with Crippen molar-refractivity contribution in [2.45, 2.75) is 45.4 Å². The van der Waals surface area contributed by atoms with Crippen LogP contribution in [0.1, 0.15) is 32.3 Å². The molecule has 0 aliphatic heterocycles. The summed E-state index contributed by atoms with van der Waals surface area (Å²) in [6.45, 7) is 4.54. The predicted octanol–water partition coefficient (Wildman–Crippen LogP) is 2.07. The van der Waals surface area contributed by atoms with Gasteiger partial charge in [0.15, 0.2) is 0 Å². The fraction of sp³-hybridized carbons (Fsp3) is 0.533. The monoisotopic (exact) mass is 262 g/mol. The van der Waals surface area contributed by atoms with Crippen LogP contribution >= 0.6 is 0 Å². The molecule has 0 spiro atoms. The van der Waals surface area contributed by atoms with Crippen molar-refractivity contribution in [1.29, 1.82) is 0 Å². The van der Waals surface area contributed by atoms with Crippen LogP contribution in [0.25, 0.3) is 0 Å². The first-order valence-electron chi connectivity index (χ1n) is 6.84. The Hall–Kier alpha value is -1.39. The number of hydrogen-bond acceptors (Lipinski definition) is 3. The van der Waals surface area contributed by atoms with E-state index in [-0.39, 0.29) is 18.6 Å². The van der Waals surface area contributed by atoms with Gasteiger partial charge in [0.2, 0.25) is 0 Å². The van der Waals surface area contributed by atoms with Crippen LogP contribution < -0.4 is 10.6 Å². The Kier molecular flexibility index (Phi) is 4.56. The fourth-order valence-corrected chi connectivity index (χ4v) is 1.99. The molecule has 1 saturated carbocycles. The van der Waals surface area contributed by atoms with Gasteiger partial charge in [-0.25, -0.2) is 0 Å². The van der Waals surface area contributed by atoms with Crippen molar-refractivity contribution in [3.8, 4) is 0 Å². The molecule has 0 atom stereocenters. The van der Waals surface area contributed by atoms with Crippen LogP contribution in [0.5, 0.6) is 0 Å². The van der Waals surface area contributed by atoms with Gasteiger partial charge in [0.25, 0.3) is 5.91 Å². The molecule has 0 heterocycles. The average molecular weight is 262 g/mol. The molecule has 0 radical (unpaired) electrons. The quantitative estimate of drug-likeness (QED) is 0.853. The Bertz CT molecular complexity index is 424. The van der Waals surface area contributed by atoms with Gasteiger partial charge in [-0.15, -0.1) is 0 Å². The van der Waals surface area contributed by atoms with Crippen LogP contribution in [0.15, 0.2) is 24.3 Å². The van der Waals surface area contributed by atoms with E-state index in [1.165, 1.54) is 0 Å². The molecule has 2 N–H and O–H groups in total. The van der Waals surface area contributed by atoms with Crippen molar-refractivity contribution < 1.29 is 9.53 Å². The second kappa shape index (κ2) is 6.17. The molecule has 1 aliphatic rings. The highest BCUT2D eigenvalue weighted by molar-refractivity contribution is 5.95. The standard InChI is InChI=1S/C15H22N2O2/c1-11(2)19-10-15(18)17(14-7-8-14)13-5-3-12(9-16)4-6-13/h3-6,11,14H,7-10,16H2,1-2H3. The first-order valence-corrected chi connectivity index (χ1v) is 6.84. The van der Waals surface area contributed by atoms with Gasteiger partial charge in [-0.1, -0.05) is 12.1 Å². The van der Waals surface area contributed by atoms with E-state index in [1.54, 1.807) is 0 Å². The SMILES string of the molecule is CC(C)OCC(=O)N(c1ccc(CN)cc1)C1CC1. The average Bonchev–Trinajstić information content (AvgIpc) is 3.22. The van der Waals surface area contributed by atoms with Crippen LogP contribution in [0, 0.1) is 0 Å². The minimum atomic E-state index is 0.0386. The molecule has 0 bridgehead atoms. The Labute approximate surface area is 114 Å². The third-order valence-corrected chi connectivity index (χ3v) is 3.17. The third kappa shape index (κ3) is 3.78. The molecule has 1 amide bonds. The number of hydrogen-bond donors (Lipinski definition) is 1. The van der Waals surface area contributed by atoms with Crippen molar-refractivity contribution in [3.05, 3.63) is 29.8 Å². The molecule has 0 saturated heterocycles. The number of benzene rings is 1. The van der Waals surface area contributed by atoms with Crippen LogP contribution in [-0.2, 0) is 16.1 Å². The molecule has 1 aliphatic carbocycles.